The second kappa shape index (κ2) is 2.55. The van der Waals surface area contributed by atoms with E-state index in [0.717, 1.165) is 0 Å². The highest BCUT2D eigenvalue weighted by Crippen LogP contribution is 1.99. The van der Waals surface area contributed by atoms with Gasteiger partial charge in [0.2, 0.25) is 0 Å². The van der Waals surface area contributed by atoms with Gasteiger partial charge in [0.25, 0.3) is 0 Å². The predicted molar refractivity (Wildman–Crippen MR) is 35.3 cm³/mol. The fourth-order valence-corrected chi connectivity index (χ4v) is 0.690. The summed E-state index contributed by atoms with van der Waals surface area (Å²) in [6.45, 7) is 0. The molecule has 1 aliphatic rings. The van der Waals surface area contributed by atoms with Crippen molar-refractivity contribution in [1.82, 2.24) is 5.32 Å². The number of hydrogen-bond acceptors (Lipinski definition) is 3. The van der Waals surface area contributed by atoms with Gasteiger partial charge in [0.05, 0.1) is 5.70 Å². The molecule has 0 aromatic heterocycles. The smallest absolute Gasteiger partial charge is 0.167 e. The lowest BCUT2D eigenvalue weighted by Crippen LogP contribution is -2.33. The minimum Gasteiger partial charge on any atom is -0.398 e. The monoisotopic (exact) mass is 126 g/mol. The van der Waals surface area contributed by atoms with Crippen molar-refractivity contribution in [1.29, 1.82) is 0 Å². The van der Waals surface area contributed by atoms with Gasteiger partial charge in [-0.1, -0.05) is 0 Å². The summed E-state index contributed by atoms with van der Waals surface area (Å²) in [4.78, 5) is 0. The van der Waals surface area contributed by atoms with Crippen molar-refractivity contribution in [2.45, 2.75) is 6.23 Å². The van der Waals surface area contributed by atoms with Gasteiger partial charge in [0.15, 0.2) is 6.23 Å². The molecule has 3 nitrogen and oxygen atoms in total. The number of rotatable bonds is 1. The molecule has 0 fully saturated rings. The summed E-state index contributed by atoms with van der Waals surface area (Å²) in [5.41, 5.74) is 6.22. The number of nitrogens with one attached hydrogen (secondary N) is 1. The zero-order valence-corrected chi connectivity index (χ0v) is 5.29. The summed E-state index contributed by atoms with van der Waals surface area (Å²) in [5.74, 6) is 0. The fraction of sp³-hybridized carbons (Fsp3) is 0.333. The van der Waals surface area contributed by atoms with E-state index < -0.39 is 0 Å². The maximum Gasteiger partial charge on any atom is 0.167 e. The molecule has 3 heteroatoms. The van der Waals surface area contributed by atoms with Crippen LogP contribution in [0.5, 0.6) is 0 Å². The number of hydrogen-bond donors (Lipinski definition) is 2. The molecule has 1 unspecified atom stereocenters. The Bertz CT molecular complexity index is 151. The highest BCUT2D eigenvalue weighted by atomic mass is 16.5. The summed E-state index contributed by atoms with van der Waals surface area (Å²) in [5, 5.41) is 2.92. The van der Waals surface area contributed by atoms with Gasteiger partial charge in [0, 0.05) is 7.11 Å². The molecule has 1 rings (SSSR count). The third kappa shape index (κ3) is 1.23. The van der Waals surface area contributed by atoms with Gasteiger partial charge < -0.3 is 15.8 Å². The molecule has 0 aliphatic carbocycles. The Labute approximate surface area is 54.2 Å². The van der Waals surface area contributed by atoms with Crippen LogP contribution in [-0.2, 0) is 4.74 Å². The molecule has 1 atom stereocenters. The summed E-state index contributed by atoms with van der Waals surface area (Å²) >= 11 is 0. The number of methoxy groups -OCH3 is 1. The van der Waals surface area contributed by atoms with E-state index in [1.54, 1.807) is 13.3 Å². The lowest BCUT2D eigenvalue weighted by atomic mass is 10.3. The maximum atomic E-state index is 5.51. The van der Waals surface area contributed by atoms with E-state index in [1.165, 1.54) is 0 Å². The lowest BCUT2D eigenvalue weighted by molar-refractivity contribution is 0.113. The van der Waals surface area contributed by atoms with Gasteiger partial charge in [-0.3, -0.25) is 0 Å². The maximum absolute atomic E-state index is 5.51. The summed E-state index contributed by atoms with van der Waals surface area (Å²) in [7, 11) is 1.61. The Kier molecular flexibility index (Phi) is 1.75. The zero-order valence-electron chi connectivity index (χ0n) is 5.29. The minimum atomic E-state index is -0.144. The van der Waals surface area contributed by atoms with Crippen molar-refractivity contribution in [3.8, 4) is 0 Å². The molecule has 0 spiro atoms. The number of nitrogens with two attached hydrogens (primary N) is 1. The van der Waals surface area contributed by atoms with E-state index in [9.17, 15) is 0 Å². The Morgan fingerprint density at radius 1 is 1.78 bits per heavy atom. The van der Waals surface area contributed by atoms with Gasteiger partial charge in [-0.15, -0.1) is 0 Å². The van der Waals surface area contributed by atoms with E-state index in [4.69, 9.17) is 10.5 Å². The standard InChI is InChI=1S/C6H10N2O/c1-9-6-5(7)3-2-4-8-6/h2-4,6,8H,7H2,1H3. The van der Waals surface area contributed by atoms with Crippen LogP contribution in [0.2, 0.25) is 0 Å². The van der Waals surface area contributed by atoms with Crippen molar-refractivity contribution in [3.63, 3.8) is 0 Å². The van der Waals surface area contributed by atoms with Crippen LogP contribution >= 0.6 is 0 Å². The van der Waals surface area contributed by atoms with Crippen molar-refractivity contribution in [2.75, 3.05) is 7.11 Å². The quantitative estimate of drug-likeness (QED) is 0.516. The molecule has 0 saturated carbocycles. The van der Waals surface area contributed by atoms with Gasteiger partial charge >= 0.3 is 0 Å². The Morgan fingerprint density at radius 3 is 3.00 bits per heavy atom. The summed E-state index contributed by atoms with van der Waals surface area (Å²) in [6.07, 6.45) is 5.30. The lowest BCUT2D eigenvalue weighted by Gasteiger charge is -2.17. The highest BCUT2D eigenvalue weighted by molar-refractivity contribution is 5.17. The van der Waals surface area contributed by atoms with Gasteiger partial charge in [-0.2, -0.15) is 0 Å². The molecular weight excluding hydrogens is 116 g/mol. The van der Waals surface area contributed by atoms with Crippen LogP contribution in [0.4, 0.5) is 0 Å². The summed E-state index contributed by atoms with van der Waals surface area (Å²) in [6, 6.07) is 0. The largest absolute Gasteiger partial charge is 0.398 e. The number of allylic oxidation sites excluding steroid dienone is 2. The van der Waals surface area contributed by atoms with Crippen molar-refractivity contribution >= 4 is 0 Å². The highest BCUT2D eigenvalue weighted by Gasteiger charge is 2.07. The number of ether oxygens (including phenoxy) is 1. The molecule has 0 saturated heterocycles. The van der Waals surface area contributed by atoms with E-state index in [2.05, 4.69) is 5.32 Å². The van der Waals surface area contributed by atoms with Gasteiger partial charge in [0.1, 0.15) is 0 Å². The van der Waals surface area contributed by atoms with Crippen molar-refractivity contribution in [2.24, 2.45) is 5.73 Å². The topological polar surface area (TPSA) is 47.3 Å². The third-order valence-corrected chi connectivity index (χ3v) is 1.17. The van der Waals surface area contributed by atoms with Crippen molar-refractivity contribution < 1.29 is 4.74 Å². The normalized spacial score (nSPS) is 25.0. The Balaban J connectivity index is 2.59. The van der Waals surface area contributed by atoms with Crippen LogP contribution in [0.25, 0.3) is 0 Å². The van der Waals surface area contributed by atoms with Crippen LogP contribution in [0.1, 0.15) is 0 Å². The molecule has 50 valence electrons. The molecule has 0 radical (unpaired) electrons. The van der Waals surface area contributed by atoms with Crippen LogP contribution in [-0.4, -0.2) is 13.3 Å². The van der Waals surface area contributed by atoms with E-state index in [-0.39, 0.29) is 6.23 Å². The average molecular weight is 126 g/mol. The van der Waals surface area contributed by atoms with Gasteiger partial charge in [-0.25, -0.2) is 0 Å². The van der Waals surface area contributed by atoms with E-state index in [0.29, 0.717) is 5.70 Å². The minimum absolute atomic E-state index is 0.144. The molecular formula is C6H10N2O. The average Bonchev–Trinajstić information content (AvgIpc) is 1.89. The van der Waals surface area contributed by atoms with Crippen LogP contribution < -0.4 is 11.1 Å². The van der Waals surface area contributed by atoms with E-state index >= 15 is 0 Å². The van der Waals surface area contributed by atoms with Crippen LogP contribution in [0, 0.1) is 0 Å². The molecule has 1 aliphatic heterocycles. The molecule has 0 bridgehead atoms. The van der Waals surface area contributed by atoms with Crippen molar-refractivity contribution in [3.05, 3.63) is 24.0 Å². The summed E-state index contributed by atoms with van der Waals surface area (Å²) < 4.78 is 4.95. The first-order chi connectivity index (χ1) is 4.34. The van der Waals surface area contributed by atoms with Gasteiger partial charge in [-0.05, 0) is 18.4 Å². The SMILES string of the molecule is COC1NC=CC=C1N. The first kappa shape index (κ1) is 6.16. The second-order valence-corrected chi connectivity index (χ2v) is 1.81. The van der Waals surface area contributed by atoms with Crippen LogP contribution in [0.15, 0.2) is 24.0 Å². The molecule has 0 aromatic rings. The molecule has 1 heterocycles. The third-order valence-electron chi connectivity index (χ3n) is 1.17. The Morgan fingerprint density at radius 2 is 2.56 bits per heavy atom. The molecule has 9 heavy (non-hydrogen) atoms. The second-order valence-electron chi connectivity index (χ2n) is 1.81. The molecule has 0 aromatic carbocycles. The number of dihydropyridines is 1. The van der Waals surface area contributed by atoms with Crippen LogP contribution in [0.3, 0.4) is 0 Å². The molecule has 3 N–H and O–H groups in total. The Hall–Kier alpha value is -0.960. The fourth-order valence-electron chi connectivity index (χ4n) is 0.690. The van der Waals surface area contributed by atoms with E-state index in [1.807, 2.05) is 12.2 Å². The first-order valence-electron chi connectivity index (χ1n) is 2.75. The molecule has 0 amide bonds. The zero-order chi connectivity index (χ0) is 6.69. The first-order valence-corrected chi connectivity index (χ1v) is 2.75. The predicted octanol–water partition coefficient (Wildman–Crippen LogP) is -0.0816.